The molecule has 0 spiro atoms. The van der Waals surface area contributed by atoms with Crippen molar-refractivity contribution in [3.8, 4) is 0 Å². The number of aliphatic carboxylic acids is 2. The molecule has 0 heterocycles. The lowest BCUT2D eigenvalue weighted by Gasteiger charge is -2.17. The van der Waals surface area contributed by atoms with E-state index in [9.17, 15) is 24.0 Å². The maximum atomic E-state index is 11.7. The minimum atomic E-state index is -1.26. The summed E-state index contributed by atoms with van der Waals surface area (Å²) in [6.45, 7) is -0.624. The van der Waals surface area contributed by atoms with Gasteiger partial charge in [-0.2, -0.15) is 0 Å². The Morgan fingerprint density at radius 3 is 2.36 bits per heavy atom. The molecule has 10 nitrogen and oxygen atoms in total. The predicted molar refractivity (Wildman–Crippen MR) is 76.6 cm³/mol. The molecule has 2 amide bonds. The van der Waals surface area contributed by atoms with Gasteiger partial charge in [0.05, 0.1) is 0 Å². The Labute approximate surface area is 129 Å². The molecule has 0 saturated carbocycles. The van der Waals surface area contributed by atoms with Crippen molar-refractivity contribution in [2.24, 2.45) is 5.73 Å². The number of hydrogen-bond donors (Lipinski definition) is 5. The van der Waals surface area contributed by atoms with Crippen LogP contribution in [0.3, 0.4) is 0 Å². The molecule has 0 fully saturated rings. The van der Waals surface area contributed by atoms with Crippen LogP contribution in [0.2, 0.25) is 0 Å². The largest absolute Gasteiger partial charge is 0.480 e. The average Bonchev–Trinajstić information content (AvgIpc) is 2.46. The van der Waals surface area contributed by atoms with Crippen LogP contribution in [0.1, 0.15) is 12.8 Å². The van der Waals surface area contributed by atoms with E-state index in [1.807, 2.05) is 0 Å². The Bertz CT molecular complexity index is 443. The molecule has 0 saturated heterocycles. The van der Waals surface area contributed by atoms with Crippen molar-refractivity contribution < 1.29 is 34.2 Å². The Kier molecular flexibility index (Phi) is 9.54. The quantitative estimate of drug-likeness (QED) is 0.262. The highest BCUT2D eigenvalue weighted by Crippen LogP contribution is 2.01. The van der Waals surface area contributed by atoms with Crippen LogP contribution >= 0.6 is 11.8 Å². The van der Waals surface area contributed by atoms with E-state index in [0.717, 1.165) is 11.8 Å². The second-order valence-electron chi connectivity index (χ2n) is 4.14. The number of rotatable bonds is 11. The molecule has 0 rings (SSSR count). The maximum Gasteiger partial charge on any atom is 0.322 e. The first-order valence-electron chi connectivity index (χ1n) is 6.10. The summed E-state index contributed by atoms with van der Waals surface area (Å²) in [5, 5.41) is 21.4. The number of carboxylic acid groups (broad SMARTS) is 2. The molecular weight excluding hydrogens is 318 g/mol. The minimum Gasteiger partial charge on any atom is -0.480 e. The SMILES string of the molecule is N[C@@H](CCC(=O)N[C@@H](CSC=O)C(=O)NCC(=O)O)C(=O)O. The van der Waals surface area contributed by atoms with Gasteiger partial charge in [-0.15, -0.1) is 0 Å². The molecule has 0 aliphatic heterocycles. The van der Waals surface area contributed by atoms with E-state index in [-0.39, 0.29) is 18.6 Å². The number of hydrogen-bond acceptors (Lipinski definition) is 7. The van der Waals surface area contributed by atoms with Gasteiger partial charge < -0.3 is 26.6 Å². The van der Waals surface area contributed by atoms with Crippen LogP contribution in [0.4, 0.5) is 0 Å². The Balaban J connectivity index is 4.46. The van der Waals surface area contributed by atoms with Crippen molar-refractivity contribution in [3.63, 3.8) is 0 Å². The van der Waals surface area contributed by atoms with Crippen LogP contribution in [-0.4, -0.2) is 64.0 Å². The van der Waals surface area contributed by atoms with Gasteiger partial charge in [0.1, 0.15) is 18.6 Å². The second kappa shape index (κ2) is 10.6. The molecule has 0 radical (unpaired) electrons. The average molecular weight is 335 g/mol. The minimum absolute atomic E-state index is 0.0777. The Morgan fingerprint density at radius 2 is 1.86 bits per heavy atom. The normalized spacial score (nSPS) is 12.8. The standard InChI is InChI=1S/C11H17N3O7S/c12-6(11(20)21)1-2-8(16)14-7(4-22-5-15)10(19)13-3-9(17)18/h5-7H,1-4,12H2,(H,13,19)(H,14,16)(H,17,18)(H,20,21)/t6-,7-/m0/s1. The van der Waals surface area contributed by atoms with Gasteiger partial charge in [-0.05, 0) is 6.42 Å². The smallest absolute Gasteiger partial charge is 0.322 e. The highest BCUT2D eigenvalue weighted by atomic mass is 32.2. The summed E-state index contributed by atoms with van der Waals surface area (Å²) in [5.74, 6) is -3.97. The predicted octanol–water partition coefficient (Wildman–Crippen LogP) is -2.21. The van der Waals surface area contributed by atoms with Crippen molar-refractivity contribution in [2.45, 2.75) is 24.9 Å². The Morgan fingerprint density at radius 1 is 1.23 bits per heavy atom. The molecule has 2 atom stereocenters. The number of nitrogens with one attached hydrogen (secondary N) is 2. The number of carbonyl (C=O) groups is 5. The van der Waals surface area contributed by atoms with Gasteiger partial charge in [-0.25, -0.2) is 0 Å². The fourth-order valence-electron chi connectivity index (χ4n) is 1.28. The van der Waals surface area contributed by atoms with Gasteiger partial charge in [-0.1, -0.05) is 11.8 Å². The summed E-state index contributed by atoms with van der Waals surface area (Å²) in [7, 11) is 0. The molecule has 0 aliphatic carbocycles. The van der Waals surface area contributed by atoms with E-state index < -0.39 is 42.4 Å². The second-order valence-corrected chi connectivity index (χ2v) is 5.00. The van der Waals surface area contributed by atoms with Crippen molar-refractivity contribution in [1.29, 1.82) is 0 Å². The third kappa shape index (κ3) is 8.92. The number of amides is 2. The van der Waals surface area contributed by atoms with Crippen molar-refractivity contribution in [2.75, 3.05) is 12.3 Å². The molecule has 0 bridgehead atoms. The van der Waals surface area contributed by atoms with Crippen LogP contribution in [-0.2, 0) is 24.0 Å². The summed E-state index contributed by atoms with van der Waals surface area (Å²) in [4.78, 5) is 54.5. The Hall–Kier alpha value is -2.14. The van der Waals surface area contributed by atoms with Gasteiger partial charge in [-0.3, -0.25) is 24.0 Å². The summed E-state index contributed by atoms with van der Waals surface area (Å²) in [5.41, 5.74) is 5.72. The van der Waals surface area contributed by atoms with Crippen LogP contribution in [0.25, 0.3) is 0 Å². The summed E-state index contributed by atoms with van der Waals surface area (Å²) in [6.07, 6.45) is -0.340. The third-order valence-corrected chi connectivity index (χ3v) is 3.06. The fourth-order valence-corrected chi connectivity index (χ4v) is 1.79. The molecule has 0 aromatic rings. The number of carbonyl (C=O) groups excluding carboxylic acids is 3. The molecule has 0 aromatic heterocycles. The molecule has 11 heteroatoms. The summed E-state index contributed by atoms with van der Waals surface area (Å²) >= 11 is 0.728. The molecule has 124 valence electrons. The van der Waals surface area contributed by atoms with Gasteiger partial charge >= 0.3 is 11.9 Å². The lowest BCUT2D eigenvalue weighted by atomic mass is 10.1. The van der Waals surface area contributed by atoms with Crippen LogP contribution in [0.5, 0.6) is 0 Å². The van der Waals surface area contributed by atoms with E-state index in [0.29, 0.717) is 5.62 Å². The third-order valence-electron chi connectivity index (χ3n) is 2.40. The number of thioether (sulfide) groups is 1. The first-order valence-corrected chi connectivity index (χ1v) is 7.15. The van der Waals surface area contributed by atoms with Crippen molar-refractivity contribution in [3.05, 3.63) is 0 Å². The zero-order valence-electron chi connectivity index (χ0n) is 11.5. The maximum absolute atomic E-state index is 11.7. The van der Waals surface area contributed by atoms with E-state index in [1.165, 1.54) is 0 Å². The molecular formula is C11H17N3O7S. The molecule has 6 N–H and O–H groups in total. The first kappa shape index (κ1) is 19.9. The molecule has 0 aromatic carbocycles. The monoisotopic (exact) mass is 335 g/mol. The zero-order valence-corrected chi connectivity index (χ0v) is 12.3. The van der Waals surface area contributed by atoms with E-state index >= 15 is 0 Å². The van der Waals surface area contributed by atoms with Gasteiger partial charge in [0.2, 0.25) is 11.8 Å². The lowest BCUT2D eigenvalue weighted by molar-refractivity contribution is -0.139. The van der Waals surface area contributed by atoms with Gasteiger partial charge in [0.25, 0.3) is 0 Å². The molecule has 0 aliphatic rings. The number of nitrogens with two attached hydrogens (primary N) is 1. The van der Waals surface area contributed by atoms with Crippen molar-refractivity contribution in [1.82, 2.24) is 10.6 Å². The fraction of sp³-hybridized carbons (Fsp3) is 0.545. The zero-order chi connectivity index (χ0) is 17.1. The van der Waals surface area contributed by atoms with Crippen LogP contribution < -0.4 is 16.4 Å². The summed E-state index contributed by atoms with van der Waals surface area (Å²) in [6, 6.07) is -2.31. The van der Waals surface area contributed by atoms with Gasteiger partial charge in [0.15, 0.2) is 5.62 Å². The lowest BCUT2D eigenvalue weighted by Crippen LogP contribution is -2.49. The topological polar surface area (TPSA) is 176 Å². The molecule has 22 heavy (non-hydrogen) atoms. The van der Waals surface area contributed by atoms with Crippen molar-refractivity contribution >= 4 is 41.1 Å². The number of carboxylic acids is 2. The van der Waals surface area contributed by atoms with E-state index in [4.69, 9.17) is 15.9 Å². The first-order chi connectivity index (χ1) is 10.3. The summed E-state index contributed by atoms with van der Waals surface area (Å²) < 4.78 is 0. The van der Waals surface area contributed by atoms with Crippen LogP contribution in [0, 0.1) is 0 Å². The highest BCUT2D eigenvalue weighted by molar-refractivity contribution is 8.11. The molecule has 0 unspecified atom stereocenters. The van der Waals surface area contributed by atoms with Gasteiger partial charge in [0, 0.05) is 12.2 Å². The van der Waals surface area contributed by atoms with Crippen LogP contribution in [0.15, 0.2) is 0 Å². The highest BCUT2D eigenvalue weighted by Gasteiger charge is 2.22. The van der Waals surface area contributed by atoms with E-state index in [2.05, 4.69) is 10.6 Å². The van der Waals surface area contributed by atoms with E-state index in [1.54, 1.807) is 0 Å².